The summed E-state index contributed by atoms with van der Waals surface area (Å²) in [5, 5.41) is 32.6. The van der Waals surface area contributed by atoms with Gasteiger partial charge in [0.15, 0.2) is 6.29 Å². The summed E-state index contributed by atoms with van der Waals surface area (Å²) in [6.07, 6.45) is -7.63. The van der Waals surface area contributed by atoms with Crippen LogP contribution in [-0.4, -0.2) is 218 Å². The first-order valence-corrected chi connectivity index (χ1v) is 19.4. The molecule has 2 aliphatic heterocycles. The Morgan fingerprint density at radius 1 is 0.709 bits per heavy atom. The minimum absolute atomic E-state index is 0.0102. The summed E-state index contributed by atoms with van der Waals surface area (Å²) in [6, 6.07) is 0. The number of nitrogens with zero attached hydrogens (tertiary/aromatic N) is 1. The van der Waals surface area contributed by atoms with Crippen molar-refractivity contribution in [1.82, 2.24) is 10.2 Å². The summed E-state index contributed by atoms with van der Waals surface area (Å²) in [5.41, 5.74) is 0. The fraction of sp³-hybridized carbons (Fsp3) is 0.903. The lowest BCUT2D eigenvalue weighted by atomic mass is 9.86. The number of aliphatic hydroxyl groups is 3. The van der Waals surface area contributed by atoms with Crippen molar-refractivity contribution in [3.05, 3.63) is 0 Å². The van der Waals surface area contributed by atoms with Crippen molar-refractivity contribution in [1.29, 1.82) is 0 Å². The summed E-state index contributed by atoms with van der Waals surface area (Å²) in [4.78, 5) is 53.9. The van der Waals surface area contributed by atoms with Gasteiger partial charge in [-0.25, -0.2) is 4.57 Å². The van der Waals surface area contributed by atoms with Gasteiger partial charge in [-0.1, -0.05) is 0 Å². The maximum atomic E-state index is 11.9. The number of carbonyl (C=O) groups is 3. The number of aliphatic hydroxyl groups excluding tert-OH is 3. The van der Waals surface area contributed by atoms with Crippen molar-refractivity contribution >= 4 is 33.4 Å². The standard InChI is InChI=1S/C31H56BN2O20P/c32-23-21-26(36)34(30(23)40)3-1-25(35)33-2-4-44-5-6-45-7-8-46-9-10-47-11-12-48-13-14-49-15-16-50-17-18-51-19-20-52-31-29(39)28(38)27(37)24(54-31)22-53-55(41,42)43/h23-24,27-29,31,37-39H,1-22H2,(H,33,35)(H2,41,42,43). The fourth-order valence-corrected chi connectivity index (χ4v) is 5.08. The number of nitrogens with one attached hydrogen (secondary N) is 1. The van der Waals surface area contributed by atoms with Crippen LogP contribution in [0, 0.1) is 0 Å². The highest BCUT2D eigenvalue weighted by molar-refractivity contribution is 7.46. The second-order valence-corrected chi connectivity index (χ2v) is 13.1. The van der Waals surface area contributed by atoms with Gasteiger partial charge >= 0.3 is 7.82 Å². The van der Waals surface area contributed by atoms with Crippen LogP contribution in [0.15, 0.2) is 0 Å². The molecule has 2 fully saturated rings. The van der Waals surface area contributed by atoms with Gasteiger partial charge in [-0.05, 0) is 0 Å². The number of hydrogen-bond donors (Lipinski definition) is 6. The average molecular weight is 819 g/mol. The molecule has 2 radical (unpaired) electrons. The van der Waals surface area contributed by atoms with Crippen LogP contribution in [-0.2, 0) is 70.8 Å². The molecule has 6 atom stereocenters. The average Bonchev–Trinajstić information content (AvgIpc) is 3.39. The number of phosphoric ester groups is 1. The zero-order chi connectivity index (χ0) is 40.3. The lowest BCUT2D eigenvalue weighted by Crippen LogP contribution is -2.59. The smallest absolute Gasteiger partial charge is 0.387 e. The Morgan fingerprint density at radius 2 is 1.15 bits per heavy atom. The molecule has 0 bridgehead atoms. The Bertz CT molecular complexity index is 1110. The number of imide groups is 1. The largest absolute Gasteiger partial charge is 0.469 e. The Kier molecular flexibility index (Phi) is 26.5. The van der Waals surface area contributed by atoms with Gasteiger partial charge < -0.3 is 77.8 Å². The molecule has 0 saturated carbocycles. The van der Waals surface area contributed by atoms with E-state index >= 15 is 0 Å². The van der Waals surface area contributed by atoms with E-state index in [0.717, 1.165) is 4.90 Å². The highest BCUT2D eigenvalue weighted by Gasteiger charge is 2.45. The molecule has 3 amide bonds. The van der Waals surface area contributed by atoms with Crippen LogP contribution in [0.2, 0.25) is 5.82 Å². The van der Waals surface area contributed by atoms with Crippen molar-refractivity contribution < 1.29 is 95.9 Å². The lowest BCUT2D eigenvalue weighted by molar-refractivity contribution is -0.301. The van der Waals surface area contributed by atoms with E-state index in [4.69, 9.17) is 65.0 Å². The van der Waals surface area contributed by atoms with Crippen molar-refractivity contribution in [3.8, 4) is 0 Å². The van der Waals surface area contributed by atoms with Gasteiger partial charge in [0.1, 0.15) is 24.4 Å². The maximum Gasteiger partial charge on any atom is 0.469 e. The predicted molar refractivity (Wildman–Crippen MR) is 186 cm³/mol. The first-order valence-electron chi connectivity index (χ1n) is 17.9. The topological polar surface area (TPSA) is 286 Å². The van der Waals surface area contributed by atoms with E-state index in [-0.39, 0.29) is 57.6 Å². The van der Waals surface area contributed by atoms with Crippen LogP contribution in [0.3, 0.4) is 0 Å². The number of hydrogen-bond acceptors (Lipinski definition) is 18. The summed E-state index contributed by atoms with van der Waals surface area (Å²) >= 11 is 0. The maximum absolute atomic E-state index is 11.9. The third-order valence-electron chi connectivity index (χ3n) is 7.60. The van der Waals surface area contributed by atoms with Crippen LogP contribution in [0.5, 0.6) is 0 Å². The normalized spacial score (nSPS) is 23.2. The van der Waals surface area contributed by atoms with E-state index in [9.17, 15) is 34.3 Å². The molecule has 0 aliphatic carbocycles. The first-order chi connectivity index (χ1) is 26.4. The Hall–Kier alpha value is -1.74. The molecular weight excluding hydrogens is 762 g/mol. The number of ether oxygens (including phenoxy) is 10. The highest BCUT2D eigenvalue weighted by Crippen LogP contribution is 2.37. The second kappa shape index (κ2) is 29.5. The van der Waals surface area contributed by atoms with Gasteiger partial charge in [-0.3, -0.25) is 23.8 Å². The van der Waals surface area contributed by atoms with Crippen molar-refractivity contribution in [2.75, 3.05) is 132 Å². The van der Waals surface area contributed by atoms with E-state index in [0.29, 0.717) is 92.4 Å². The molecule has 2 rings (SSSR count). The molecule has 6 unspecified atom stereocenters. The second-order valence-electron chi connectivity index (χ2n) is 11.9. The summed E-state index contributed by atoms with van der Waals surface area (Å²) in [6.45, 7) is 5.12. The van der Waals surface area contributed by atoms with Crippen molar-refractivity contribution in [3.63, 3.8) is 0 Å². The molecule has 22 nitrogen and oxygen atoms in total. The third kappa shape index (κ3) is 22.7. The number of rotatable bonds is 34. The molecule has 2 heterocycles. The zero-order valence-electron chi connectivity index (χ0n) is 30.9. The van der Waals surface area contributed by atoms with Gasteiger partial charge in [-0.2, -0.15) is 0 Å². The molecule has 0 aromatic carbocycles. The van der Waals surface area contributed by atoms with Crippen LogP contribution >= 0.6 is 7.82 Å². The molecule has 6 N–H and O–H groups in total. The molecule has 55 heavy (non-hydrogen) atoms. The van der Waals surface area contributed by atoms with Crippen LogP contribution in [0.1, 0.15) is 12.8 Å². The monoisotopic (exact) mass is 818 g/mol. The van der Waals surface area contributed by atoms with Crippen LogP contribution in [0.4, 0.5) is 0 Å². The molecular formula is C31H56BN2O20P. The molecule has 318 valence electrons. The van der Waals surface area contributed by atoms with Crippen LogP contribution in [0.25, 0.3) is 0 Å². The minimum atomic E-state index is -4.83. The molecule has 0 aromatic heterocycles. The van der Waals surface area contributed by atoms with Gasteiger partial charge in [0.2, 0.25) is 17.7 Å². The van der Waals surface area contributed by atoms with Crippen molar-refractivity contribution in [2.24, 2.45) is 0 Å². The lowest BCUT2D eigenvalue weighted by Gasteiger charge is -2.40. The summed E-state index contributed by atoms with van der Waals surface area (Å²) in [5.74, 6) is -1.91. The number of likely N-dealkylation sites (tertiary alicyclic amines) is 1. The number of phosphoric acid groups is 1. The quantitative estimate of drug-likeness (QED) is 0.0158. The summed E-state index contributed by atoms with van der Waals surface area (Å²) < 4.78 is 69.1. The first kappa shape index (κ1) is 49.4. The van der Waals surface area contributed by atoms with Gasteiger partial charge in [0.05, 0.1) is 127 Å². The number of amides is 3. The highest BCUT2D eigenvalue weighted by atomic mass is 31.2. The minimum Gasteiger partial charge on any atom is -0.387 e. The molecule has 2 aliphatic rings. The van der Waals surface area contributed by atoms with E-state index in [1.807, 2.05) is 0 Å². The Balaban J connectivity index is 1.24. The predicted octanol–water partition coefficient (Wildman–Crippen LogP) is -3.73. The zero-order valence-corrected chi connectivity index (χ0v) is 31.7. The van der Waals surface area contributed by atoms with E-state index in [1.54, 1.807) is 0 Å². The molecule has 24 heteroatoms. The summed E-state index contributed by atoms with van der Waals surface area (Å²) in [7, 11) is 0.710. The van der Waals surface area contributed by atoms with E-state index in [1.165, 1.54) is 0 Å². The Labute approximate surface area is 320 Å². The fourth-order valence-electron chi connectivity index (χ4n) is 4.74. The van der Waals surface area contributed by atoms with E-state index < -0.39 is 56.9 Å². The van der Waals surface area contributed by atoms with Crippen molar-refractivity contribution in [2.45, 2.75) is 49.4 Å². The van der Waals surface area contributed by atoms with Gasteiger partial charge in [0, 0.05) is 31.7 Å². The van der Waals surface area contributed by atoms with E-state index in [2.05, 4.69) is 9.84 Å². The number of carbonyl (C=O) groups excluding carboxylic acids is 3. The Morgan fingerprint density at radius 3 is 1.56 bits per heavy atom. The molecule has 0 spiro atoms. The third-order valence-corrected chi connectivity index (χ3v) is 8.08. The molecule has 2 saturated heterocycles. The van der Waals surface area contributed by atoms with Gasteiger partial charge in [0.25, 0.3) is 0 Å². The van der Waals surface area contributed by atoms with Gasteiger partial charge in [-0.15, -0.1) is 0 Å². The van der Waals surface area contributed by atoms with Crippen LogP contribution < -0.4 is 5.32 Å². The molecule has 0 aromatic rings. The SMILES string of the molecule is [B]C1CC(=O)N(CCC(=O)NCCOCCOCCOCCOCCOCCOCCOCCOCCOC2OC(COP(=O)(O)O)C(O)C(O)C2O)C1=O.